The van der Waals surface area contributed by atoms with E-state index in [1.54, 1.807) is 10.4 Å². The summed E-state index contributed by atoms with van der Waals surface area (Å²) in [6, 6.07) is 15.4. The third-order valence-corrected chi connectivity index (χ3v) is 20.3. The molecule has 0 radical (unpaired) electrons. The van der Waals surface area contributed by atoms with E-state index in [1.165, 1.54) is 117 Å². The molecule has 0 spiro atoms. The van der Waals surface area contributed by atoms with Gasteiger partial charge in [-0.2, -0.15) is 5.26 Å². The zero-order valence-electron chi connectivity index (χ0n) is 29.8. The number of hydrogen-bond donors (Lipinski definition) is 0. The number of rotatable bonds is 7. The van der Waals surface area contributed by atoms with Gasteiger partial charge in [0, 0.05) is 52.2 Å². The van der Waals surface area contributed by atoms with E-state index in [9.17, 15) is 5.26 Å². The molecule has 6 aromatic rings. The normalized spacial score (nSPS) is 19.8. The van der Waals surface area contributed by atoms with Crippen LogP contribution in [0.25, 0.3) is 45.3 Å². The highest BCUT2D eigenvalue weighted by molar-refractivity contribution is 14.1. The van der Waals surface area contributed by atoms with E-state index in [1.807, 2.05) is 40.1 Å². The Balaban J connectivity index is 1.15. The molecule has 1 nitrogen and oxygen atoms in total. The zero-order valence-corrected chi connectivity index (χ0v) is 37.4. The first-order valence-electron chi connectivity index (χ1n) is 17.9. The summed E-state index contributed by atoms with van der Waals surface area (Å²) in [5, 5.41) is 12.2. The Morgan fingerprint density at radius 3 is 2.10 bits per heavy atom. The van der Waals surface area contributed by atoms with E-state index < -0.39 is 0 Å². The highest BCUT2D eigenvalue weighted by Gasteiger charge is 2.48. The maximum Gasteiger partial charge on any atom is 0.141 e. The molecule has 2 aromatic carbocycles. The fraction of sp³-hybridized carbons (Fsp3) is 0.310. The maximum atomic E-state index is 9.56. The Kier molecular flexibility index (Phi) is 8.72. The third-order valence-electron chi connectivity index (χ3n) is 11.7. The summed E-state index contributed by atoms with van der Waals surface area (Å²) in [7, 11) is 4.75. The van der Waals surface area contributed by atoms with Gasteiger partial charge < -0.3 is 0 Å². The summed E-state index contributed by atoms with van der Waals surface area (Å²) in [5.74, 6) is 0.697. The summed E-state index contributed by atoms with van der Waals surface area (Å²) in [4.78, 5) is 8.81. The van der Waals surface area contributed by atoms with Crippen LogP contribution >= 0.6 is 90.5 Å². The molecule has 0 N–H and O–H groups in total. The Labute approximate surface area is 346 Å². The third kappa shape index (κ3) is 5.83. The van der Waals surface area contributed by atoms with E-state index in [4.69, 9.17) is 0 Å². The lowest BCUT2D eigenvalue weighted by atomic mass is 9.68. The molecule has 9 rings (SSSR count). The lowest BCUT2D eigenvalue weighted by molar-refractivity contribution is 0.377. The second kappa shape index (κ2) is 12.7. The van der Waals surface area contributed by atoms with Crippen molar-refractivity contribution < 1.29 is 0 Å². The Morgan fingerprint density at radius 1 is 0.824 bits per heavy atom. The molecule has 0 saturated heterocycles. The predicted molar refractivity (Wildman–Crippen MR) is 248 cm³/mol. The molecule has 254 valence electrons. The largest absolute Gasteiger partial charge is 0.192 e. The highest BCUT2D eigenvalue weighted by Crippen LogP contribution is 2.59. The van der Waals surface area contributed by atoms with Crippen molar-refractivity contribution in [2.24, 2.45) is 5.41 Å². The van der Waals surface area contributed by atoms with Crippen LogP contribution in [-0.4, -0.2) is 15.7 Å². The van der Waals surface area contributed by atoms with Crippen molar-refractivity contribution in [3.8, 4) is 25.6 Å². The smallest absolute Gasteiger partial charge is 0.141 e. The van der Waals surface area contributed by atoms with Gasteiger partial charge in [-0.15, -0.1) is 45.3 Å². The number of aryl methyl sites for hydroxylation is 1. The summed E-state index contributed by atoms with van der Waals surface area (Å²) in [6.07, 6.45) is 12.9. The van der Waals surface area contributed by atoms with Gasteiger partial charge in [0.2, 0.25) is 0 Å². The number of benzene rings is 2. The fourth-order valence-corrected chi connectivity index (χ4v) is 17.0. The summed E-state index contributed by atoms with van der Waals surface area (Å²) < 4.78 is 5.33. The van der Waals surface area contributed by atoms with Crippen LogP contribution in [0.15, 0.2) is 54.1 Å². The van der Waals surface area contributed by atoms with Gasteiger partial charge in [-0.3, -0.25) is 0 Å². The molecule has 9 heteroatoms. The number of halogens is 2. The lowest BCUT2D eigenvalue weighted by Crippen LogP contribution is -2.29. The van der Waals surface area contributed by atoms with Crippen LogP contribution in [0.2, 0.25) is 0 Å². The molecule has 3 aliphatic carbocycles. The standard InChI is InChI=1S/C42H37B2I2NS4/c1-20-5-9-26-28(15-20)48-39(33(26)45)37-32(44)30(24-7-8-24)35(50-37)25-11-12-42(17-21(25)2,19-41(4)13-14-41)40-22(3)31(43)36(51-40)38-34(46)27-10-6-23(18-47)16-29(27)49-38/h5-6,9-11,15-17,24H,7-8,12-14,19,43-44H2,1-4H3. The molecule has 1 unspecified atom stereocenters. The number of allylic oxidation sites excluding steroid dienone is 4. The summed E-state index contributed by atoms with van der Waals surface area (Å²) >= 11 is 13.1. The van der Waals surface area contributed by atoms with Gasteiger partial charge in [-0.1, -0.05) is 48.2 Å². The van der Waals surface area contributed by atoms with E-state index in [-0.39, 0.29) is 5.41 Å². The molecule has 51 heavy (non-hydrogen) atoms. The average Bonchev–Trinajstić information content (AvgIpc) is 3.96. The molecule has 4 heterocycles. The number of nitriles is 1. The number of nitrogens with zero attached hydrogens (tertiary/aromatic N) is 1. The van der Waals surface area contributed by atoms with Crippen LogP contribution in [0, 0.1) is 37.7 Å². The van der Waals surface area contributed by atoms with Crippen LogP contribution in [0.1, 0.15) is 90.3 Å². The van der Waals surface area contributed by atoms with Crippen molar-refractivity contribution in [3.63, 3.8) is 0 Å². The molecule has 1 atom stereocenters. The van der Waals surface area contributed by atoms with Crippen molar-refractivity contribution in [3.05, 3.63) is 93.3 Å². The van der Waals surface area contributed by atoms with Gasteiger partial charge in [0.05, 0.1) is 21.4 Å². The van der Waals surface area contributed by atoms with E-state index >= 15 is 0 Å². The van der Waals surface area contributed by atoms with Crippen molar-refractivity contribution in [1.29, 1.82) is 5.26 Å². The predicted octanol–water partition coefficient (Wildman–Crippen LogP) is 11.5. The van der Waals surface area contributed by atoms with Crippen molar-refractivity contribution in [1.82, 2.24) is 0 Å². The van der Waals surface area contributed by atoms with Gasteiger partial charge >= 0.3 is 0 Å². The van der Waals surface area contributed by atoms with Crippen LogP contribution < -0.4 is 10.9 Å². The van der Waals surface area contributed by atoms with E-state index in [2.05, 4.69) is 148 Å². The highest BCUT2D eigenvalue weighted by atomic mass is 127. The maximum absolute atomic E-state index is 9.56. The zero-order chi connectivity index (χ0) is 35.6. The molecular weight excluding hydrogens is 922 g/mol. The number of thiophene rings is 4. The molecule has 4 aromatic heterocycles. The van der Waals surface area contributed by atoms with Crippen LogP contribution in [0.5, 0.6) is 0 Å². The van der Waals surface area contributed by atoms with Crippen LogP contribution in [0.3, 0.4) is 0 Å². The quantitative estimate of drug-likeness (QED) is 0.116. The first-order chi connectivity index (χ1) is 24.4. The molecule has 3 aliphatic rings. The number of hydrogen-bond acceptors (Lipinski definition) is 5. The van der Waals surface area contributed by atoms with Crippen molar-refractivity contribution in [2.45, 2.75) is 77.6 Å². The van der Waals surface area contributed by atoms with Gasteiger partial charge in [-0.25, -0.2) is 0 Å². The monoisotopic (exact) mass is 959 g/mol. The van der Waals surface area contributed by atoms with E-state index in [0.717, 1.165) is 12.0 Å². The SMILES string of the molecule is Bc1c(-c2sc3cc(C#N)ccc3c2I)sc(C2(CC3(C)CC3)C=C(C)C(c3sc(-c4sc5cc(C)ccc5c4I)c(B)c3C3CC3)=CC2)c1C. The summed E-state index contributed by atoms with van der Waals surface area (Å²) in [6.45, 7) is 9.51. The second-order valence-corrected chi connectivity index (χ2v) is 22.0. The minimum absolute atomic E-state index is 0.000280. The Hall–Kier alpha value is -1.68. The van der Waals surface area contributed by atoms with E-state index in [0.29, 0.717) is 11.3 Å². The molecule has 2 fully saturated rings. The molecule has 2 saturated carbocycles. The second-order valence-electron chi connectivity index (χ2n) is 15.7. The Morgan fingerprint density at radius 2 is 1.47 bits per heavy atom. The number of fused-ring (bicyclic) bond motifs is 2. The van der Waals surface area contributed by atoms with Gasteiger partial charge in [0.25, 0.3) is 0 Å². The van der Waals surface area contributed by atoms with Crippen molar-refractivity contribution >= 4 is 143 Å². The topological polar surface area (TPSA) is 23.8 Å². The molecule has 0 amide bonds. The molecule has 0 bridgehead atoms. The molecule has 0 aliphatic heterocycles. The van der Waals surface area contributed by atoms with Crippen LogP contribution in [-0.2, 0) is 5.41 Å². The van der Waals surface area contributed by atoms with Crippen LogP contribution in [0.4, 0.5) is 0 Å². The minimum atomic E-state index is 0.000280. The van der Waals surface area contributed by atoms with Gasteiger partial charge in [0.1, 0.15) is 15.7 Å². The Bertz CT molecular complexity index is 2560. The lowest BCUT2D eigenvalue weighted by Gasteiger charge is -2.37. The van der Waals surface area contributed by atoms with Gasteiger partial charge in [-0.05, 0) is 162 Å². The van der Waals surface area contributed by atoms with Gasteiger partial charge in [0.15, 0.2) is 0 Å². The average molecular weight is 959 g/mol. The summed E-state index contributed by atoms with van der Waals surface area (Å²) in [5.41, 5.74) is 11.5. The molecular formula is C42H37B2I2NS4. The van der Waals surface area contributed by atoms with Crippen molar-refractivity contribution in [2.75, 3.05) is 0 Å². The minimum Gasteiger partial charge on any atom is -0.192 e. The first kappa shape index (κ1) is 35.0. The first-order valence-corrected chi connectivity index (χ1v) is 23.3. The fourth-order valence-electron chi connectivity index (χ4n) is 8.47.